The molecular formula is C10H11Cl3N2O3. The molecule has 1 unspecified atom stereocenters. The molecule has 1 aromatic heterocycles. The first-order valence-corrected chi connectivity index (χ1v) is 6.05. The van der Waals surface area contributed by atoms with Crippen LogP contribution in [0.5, 0.6) is 0 Å². The first-order valence-electron chi connectivity index (χ1n) is 4.92. The standard InChI is InChI=1S/C10H11Cl3N2O3/c1-18-4-5(16)2-15-10(17)9-8(13)7(12)6(11)3-14-9/h3,5,16H,2,4H2,1H3,(H,15,17). The topological polar surface area (TPSA) is 71.5 Å². The van der Waals surface area contributed by atoms with Crippen LogP contribution in [-0.4, -0.2) is 42.4 Å². The van der Waals surface area contributed by atoms with Crippen LogP contribution in [0.15, 0.2) is 6.20 Å². The van der Waals surface area contributed by atoms with Crippen molar-refractivity contribution in [2.24, 2.45) is 0 Å². The third-order valence-corrected chi connectivity index (χ3v) is 3.23. The number of aliphatic hydroxyl groups is 1. The molecule has 0 saturated heterocycles. The van der Waals surface area contributed by atoms with Gasteiger partial charge in [0.2, 0.25) is 0 Å². The van der Waals surface area contributed by atoms with Crippen LogP contribution in [-0.2, 0) is 4.74 Å². The van der Waals surface area contributed by atoms with E-state index in [-0.39, 0.29) is 33.9 Å². The van der Waals surface area contributed by atoms with Crippen LogP contribution in [0.2, 0.25) is 15.1 Å². The fourth-order valence-electron chi connectivity index (χ4n) is 1.15. The molecule has 0 aliphatic heterocycles. The van der Waals surface area contributed by atoms with Crippen molar-refractivity contribution in [2.75, 3.05) is 20.3 Å². The third-order valence-electron chi connectivity index (χ3n) is 1.99. The predicted molar refractivity (Wildman–Crippen MR) is 69.5 cm³/mol. The highest BCUT2D eigenvalue weighted by atomic mass is 35.5. The minimum Gasteiger partial charge on any atom is -0.389 e. The van der Waals surface area contributed by atoms with Crippen molar-refractivity contribution < 1.29 is 14.6 Å². The lowest BCUT2D eigenvalue weighted by Crippen LogP contribution is -2.34. The number of aliphatic hydroxyl groups excluding tert-OH is 1. The lowest BCUT2D eigenvalue weighted by molar-refractivity contribution is 0.0608. The van der Waals surface area contributed by atoms with Crippen molar-refractivity contribution in [1.82, 2.24) is 10.3 Å². The van der Waals surface area contributed by atoms with Crippen LogP contribution in [0.25, 0.3) is 0 Å². The molecule has 0 fully saturated rings. The van der Waals surface area contributed by atoms with E-state index in [1.165, 1.54) is 13.3 Å². The Hall–Kier alpha value is -0.590. The zero-order chi connectivity index (χ0) is 13.7. The highest BCUT2D eigenvalue weighted by Crippen LogP contribution is 2.30. The predicted octanol–water partition coefficient (Wildman–Crippen LogP) is 1.78. The minimum absolute atomic E-state index is 0.0188. The fraction of sp³-hybridized carbons (Fsp3) is 0.400. The van der Waals surface area contributed by atoms with Crippen molar-refractivity contribution in [2.45, 2.75) is 6.10 Å². The molecule has 0 radical (unpaired) electrons. The normalized spacial score (nSPS) is 12.3. The Bertz CT molecular complexity index is 443. The summed E-state index contributed by atoms with van der Waals surface area (Å²) < 4.78 is 4.72. The van der Waals surface area contributed by atoms with Crippen molar-refractivity contribution in [1.29, 1.82) is 0 Å². The van der Waals surface area contributed by atoms with Gasteiger partial charge in [-0.05, 0) is 0 Å². The van der Waals surface area contributed by atoms with Gasteiger partial charge < -0.3 is 15.2 Å². The Labute approximate surface area is 119 Å². The number of halogens is 3. The molecule has 1 aromatic rings. The summed E-state index contributed by atoms with van der Waals surface area (Å²) in [5, 5.41) is 12.0. The van der Waals surface area contributed by atoms with Gasteiger partial charge in [0, 0.05) is 19.9 Å². The van der Waals surface area contributed by atoms with Crippen LogP contribution in [0.1, 0.15) is 10.5 Å². The van der Waals surface area contributed by atoms with E-state index in [4.69, 9.17) is 39.5 Å². The summed E-state index contributed by atoms with van der Waals surface area (Å²) >= 11 is 17.3. The molecule has 0 aromatic carbocycles. The van der Waals surface area contributed by atoms with Crippen LogP contribution >= 0.6 is 34.8 Å². The number of amides is 1. The van der Waals surface area contributed by atoms with Gasteiger partial charge in [-0.2, -0.15) is 0 Å². The Kier molecular flexibility index (Phi) is 6.11. The van der Waals surface area contributed by atoms with E-state index >= 15 is 0 Å². The maximum Gasteiger partial charge on any atom is 0.271 e. The molecule has 18 heavy (non-hydrogen) atoms. The second-order valence-electron chi connectivity index (χ2n) is 3.40. The van der Waals surface area contributed by atoms with Gasteiger partial charge in [0.05, 0.1) is 27.8 Å². The highest BCUT2D eigenvalue weighted by Gasteiger charge is 2.17. The van der Waals surface area contributed by atoms with Gasteiger partial charge >= 0.3 is 0 Å². The lowest BCUT2D eigenvalue weighted by atomic mass is 10.3. The Morgan fingerprint density at radius 3 is 2.78 bits per heavy atom. The van der Waals surface area contributed by atoms with Crippen molar-refractivity contribution >= 4 is 40.7 Å². The molecule has 1 heterocycles. The molecule has 5 nitrogen and oxygen atoms in total. The Morgan fingerprint density at radius 1 is 1.50 bits per heavy atom. The summed E-state index contributed by atoms with van der Waals surface area (Å²) in [6.45, 7) is 0.133. The number of aromatic nitrogens is 1. The zero-order valence-corrected chi connectivity index (χ0v) is 11.7. The summed E-state index contributed by atoms with van der Waals surface area (Å²) in [5.74, 6) is -0.547. The SMILES string of the molecule is COCC(O)CNC(=O)c1ncc(Cl)c(Cl)c1Cl. The van der Waals surface area contributed by atoms with Crippen molar-refractivity contribution in [3.8, 4) is 0 Å². The largest absolute Gasteiger partial charge is 0.389 e. The highest BCUT2D eigenvalue weighted by molar-refractivity contribution is 6.48. The third kappa shape index (κ3) is 3.96. The van der Waals surface area contributed by atoms with Crippen LogP contribution < -0.4 is 5.32 Å². The van der Waals surface area contributed by atoms with Crippen LogP contribution in [0.4, 0.5) is 0 Å². The first kappa shape index (κ1) is 15.5. The van der Waals surface area contributed by atoms with Crippen LogP contribution in [0.3, 0.4) is 0 Å². The number of nitrogens with zero attached hydrogens (tertiary/aromatic N) is 1. The molecule has 1 amide bonds. The Morgan fingerprint density at radius 2 is 2.17 bits per heavy atom. The molecule has 0 spiro atoms. The summed E-state index contributed by atoms with van der Waals surface area (Å²) in [6.07, 6.45) is 0.427. The number of hydrogen-bond donors (Lipinski definition) is 2. The van der Waals surface area contributed by atoms with Gasteiger partial charge in [-0.15, -0.1) is 0 Å². The van der Waals surface area contributed by atoms with E-state index in [1.54, 1.807) is 0 Å². The molecule has 2 N–H and O–H groups in total. The summed E-state index contributed by atoms with van der Waals surface area (Å²) in [5.41, 5.74) is -0.0457. The second kappa shape index (κ2) is 7.11. The van der Waals surface area contributed by atoms with E-state index in [2.05, 4.69) is 10.3 Å². The van der Waals surface area contributed by atoms with Gasteiger partial charge in [-0.3, -0.25) is 4.79 Å². The quantitative estimate of drug-likeness (QED) is 0.869. The average Bonchev–Trinajstić information content (AvgIpc) is 2.34. The average molecular weight is 314 g/mol. The molecule has 1 rings (SSSR count). The monoisotopic (exact) mass is 312 g/mol. The molecule has 0 aliphatic carbocycles. The van der Waals surface area contributed by atoms with Gasteiger partial charge in [0.1, 0.15) is 5.69 Å². The molecule has 0 saturated carbocycles. The summed E-state index contributed by atoms with van der Waals surface area (Å²) in [6, 6.07) is 0. The fourth-order valence-corrected chi connectivity index (χ4v) is 1.71. The number of nitrogens with one attached hydrogen (secondary N) is 1. The van der Waals surface area contributed by atoms with Crippen LogP contribution in [0, 0.1) is 0 Å². The molecule has 0 aliphatic rings. The van der Waals surface area contributed by atoms with Gasteiger partial charge in [-0.25, -0.2) is 4.98 Å². The number of carbonyl (C=O) groups excluding carboxylic acids is 1. The number of hydrogen-bond acceptors (Lipinski definition) is 4. The zero-order valence-electron chi connectivity index (χ0n) is 9.41. The van der Waals surface area contributed by atoms with E-state index in [0.717, 1.165) is 0 Å². The molecule has 100 valence electrons. The van der Waals surface area contributed by atoms with Gasteiger partial charge in [-0.1, -0.05) is 34.8 Å². The molecule has 0 bridgehead atoms. The van der Waals surface area contributed by atoms with Gasteiger partial charge in [0.15, 0.2) is 0 Å². The van der Waals surface area contributed by atoms with E-state index in [0.29, 0.717) is 0 Å². The summed E-state index contributed by atoms with van der Waals surface area (Å²) in [7, 11) is 1.45. The maximum absolute atomic E-state index is 11.7. The van der Waals surface area contributed by atoms with Crippen molar-refractivity contribution in [3.63, 3.8) is 0 Å². The lowest BCUT2D eigenvalue weighted by Gasteiger charge is -2.11. The summed E-state index contributed by atoms with van der Waals surface area (Å²) in [4.78, 5) is 15.5. The minimum atomic E-state index is -0.805. The first-order chi connectivity index (χ1) is 8.47. The number of rotatable bonds is 5. The smallest absolute Gasteiger partial charge is 0.271 e. The molecular weight excluding hydrogens is 302 g/mol. The number of methoxy groups -OCH3 is 1. The molecule has 8 heteroatoms. The number of pyridine rings is 1. The number of ether oxygens (including phenoxy) is 1. The van der Waals surface area contributed by atoms with E-state index in [1.807, 2.05) is 0 Å². The van der Waals surface area contributed by atoms with E-state index < -0.39 is 12.0 Å². The maximum atomic E-state index is 11.7. The van der Waals surface area contributed by atoms with Crippen molar-refractivity contribution in [3.05, 3.63) is 27.0 Å². The Balaban J connectivity index is 2.71. The second-order valence-corrected chi connectivity index (χ2v) is 4.57. The van der Waals surface area contributed by atoms with Gasteiger partial charge in [0.25, 0.3) is 5.91 Å². The van der Waals surface area contributed by atoms with E-state index in [9.17, 15) is 9.90 Å². The molecule has 1 atom stereocenters. The number of carbonyl (C=O) groups is 1.